The van der Waals surface area contributed by atoms with Crippen LogP contribution in [0.15, 0.2) is 12.4 Å². The average molecular weight is 313 g/mol. The zero-order valence-corrected chi connectivity index (χ0v) is 13.5. The van der Waals surface area contributed by atoms with E-state index >= 15 is 0 Å². The number of nitrogens with one attached hydrogen (secondary N) is 3. The minimum Gasteiger partial charge on any atom is -0.365 e. The molecule has 122 valence electrons. The summed E-state index contributed by atoms with van der Waals surface area (Å²) in [5.74, 6) is 1.73. The SMILES string of the molecule is Cn1cc(CNc2nc(NC3CC3)nc3c2CCNCC3)cn1. The normalized spacial score (nSPS) is 17.4. The molecule has 1 fully saturated rings. The lowest BCUT2D eigenvalue weighted by Gasteiger charge is -2.15. The summed E-state index contributed by atoms with van der Waals surface area (Å²) in [6.07, 6.45) is 8.28. The van der Waals surface area contributed by atoms with Crippen LogP contribution in [0.3, 0.4) is 0 Å². The summed E-state index contributed by atoms with van der Waals surface area (Å²) in [5.41, 5.74) is 3.57. The predicted octanol–water partition coefficient (Wildman–Crippen LogP) is 1.08. The van der Waals surface area contributed by atoms with E-state index in [9.17, 15) is 0 Å². The minimum atomic E-state index is 0.558. The standard InChI is InChI=1S/C16H23N7/c1-23-10-11(9-19-23)8-18-15-13-4-6-17-7-5-14(13)21-16(22-15)20-12-2-3-12/h9-10,12,17H,2-8H2,1H3,(H2,18,20,21,22). The predicted molar refractivity (Wildman–Crippen MR) is 89.5 cm³/mol. The van der Waals surface area contributed by atoms with Crippen molar-refractivity contribution in [1.29, 1.82) is 0 Å². The van der Waals surface area contributed by atoms with E-state index < -0.39 is 0 Å². The van der Waals surface area contributed by atoms with Gasteiger partial charge in [-0.1, -0.05) is 0 Å². The maximum atomic E-state index is 4.75. The highest BCUT2D eigenvalue weighted by Gasteiger charge is 2.24. The van der Waals surface area contributed by atoms with Gasteiger partial charge in [0.1, 0.15) is 5.82 Å². The third kappa shape index (κ3) is 3.44. The molecular formula is C16H23N7. The van der Waals surface area contributed by atoms with Gasteiger partial charge in [0.2, 0.25) is 5.95 Å². The Kier molecular flexibility index (Phi) is 3.87. The van der Waals surface area contributed by atoms with Gasteiger partial charge in [0.05, 0.1) is 11.9 Å². The fourth-order valence-electron chi connectivity index (χ4n) is 2.91. The molecule has 0 unspecified atom stereocenters. The van der Waals surface area contributed by atoms with Crippen molar-refractivity contribution in [2.24, 2.45) is 7.05 Å². The maximum Gasteiger partial charge on any atom is 0.225 e. The first-order valence-corrected chi connectivity index (χ1v) is 8.36. The molecule has 1 saturated carbocycles. The highest BCUT2D eigenvalue weighted by Crippen LogP contribution is 2.26. The van der Waals surface area contributed by atoms with E-state index in [0.717, 1.165) is 49.8 Å². The highest BCUT2D eigenvalue weighted by atomic mass is 15.2. The first-order valence-electron chi connectivity index (χ1n) is 8.36. The van der Waals surface area contributed by atoms with Crippen LogP contribution in [0.1, 0.15) is 29.7 Å². The fourth-order valence-corrected chi connectivity index (χ4v) is 2.91. The molecule has 0 radical (unpaired) electrons. The first kappa shape index (κ1) is 14.4. The van der Waals surface area contributed by atoms with Crippen LogP contribution in [0, 0.1) is 0 Å². The van der Waals surface area contributed by atoms with Gasteiger partial charge in [0, 0.05) is 49.9 Å². The van der Waals surface area contributed by atoms with Crippen LogP contribution in [-0.4, -0.2) is 38.9 Å². The molecule has 3 heterocycles. The molecule has 0 saturated heterocycles. The molecule has 2 aromatic rings. The number of aromatic nitrogens is 4. The van der Waals surface area contributed by atoms with Crippen LogP contribution in [0.5, 0.6) is 0 Å². The van der Waals surface area contributed by atoms with Crippen LogP contribution in [-0.2, 0) is 26.4 Å². The smallest absolute Gasteiger partial charge is 0.225 e. The van der Waals surface area contributed by atoms with Gasteiger partial charge in [-0.2, -0.15) is 10.1 Å². The molecule has 3 N–H and O–H groups in total. The molecule has 2 aromatic heterocycles. The molecule has 0 amide bonds. The van der Waals surface area contributed by atoms with Crippen molar-refractivity contribution in [3.63, 3.8) is 0 Å². The number of hydrogen-bond donors (Lipinski definition) is 3. The Labute approximate surface area is 135 Å². The van der Waals surface area contributed by atoms with Gasteiger partial charge in [-0.15, -0.1) is 0 Å². The molecule has 7 nitrogen and oxygen atoms in total. The number of fused-ring (bicyclic) bond motifs is 1. The molecule has 0 atom stereocenters. The van der Waals surface area contributed by atoms with Gasteiger partial charge in [0.25, 0.3) is 0 Å². The molecule has 1 aliphatic heterocycles. The van der Waals surface area contributed by atoms with Gasteiger partial charge in [-0.05, 0) is 25.8 Å². The Morgan fingerprint density at radius 3 is 2.91 bits per heavy atom. The minimum absolute atomic E-state index is 0.558. The molecular weight excluding hydrogens is 290 g/mol. The Balaban J connectivity index is 1.59. The molecule has 4 rings (SSSR count). The summed E-state index contributed by atoms with van der Waals surface area (Å²) in [7, 11) is 1.93. The van der Waals surface area contributed by atoms with Crippen molar-refractivity contribution < 1.29 is 0 Å². The topological polar surface area (TPSA) is 79.7 Å². The van der Waals surface area contributed by atoms with Crippen LogP contribution < -0.4 is 16.0 Å². The van der Waals surface area contributed by atoms with E-state index in [1.54, 1.807) is 0 Å². The first-order chi connectivity index (χ1) is 11.3. The molecule has 7 heteroatoms. The van der Waals surface area contributed by atoms with E-state index in [-0.39, 0.29) is 0 Å². The quantitative estimate of drug-likeness (QED) is 0.767. The zero-order valence-electron chi connectivity index (χ0n) is 13.5. The third-order valence-corrected chi connectivity index (χ3v) is 4.31. The van der Waals surface area contributed by atoms with Crippen LogP contribution >= 0.6 is 0 Å². The number of aryl methyl sites for hydroxylation is 1. The largest absolute Gasteiger partial charge is 0.365 e. The van der Waals surface area contributed by atoms with Crippen molar-refractivity contribution in [2.45, 2.75) is 38.3 Å². The van der Waals surface area contributed by atoms with Gasteiger partial charge in [0.15, 0.2) is 0 Å². The van der Waals surface area contributed by atoms with Crippen LogP contribution in [0.25, 0.3) is 0 Å². The number of rotatable bonds is 5. The Morgan fingerprint density at radius 2 is 2.13 bits per heavy atom. The summed E-state index contributed by atoms with van der Waals surface area (Å²) < 4.78 is 1.82. The van der Waals surface area contributed by atoms with E-state index in [1.807, 2.05) is 24.1 Å². The third-order valence-electron chi connectivity index (χ3n) is 4.31. The Morgan fingerprint density at radius 1 is 1.26 bits per heavy atom. The van der Waals surface area contributed by atoms with E-state index in [0.29, 0.717) is 6.04 Å². The lowest BCUT2D eigenvalue weighted by Crippen LogP contribution is -2.16. The fraction of sp³-hybridized carbons (Fsp3) is 0.562. The molecule has 0 aromatic carbocycles. The molecule has 2 aliphatic rings. The second-order valence-electron chi connectivity index (χ2n) is 6.37. The van der Waals surface area contributed by atoms with Crippen molar-refractivity contribution in [1.82, 2.24) is 25.1 Å². The summed E-state index contributed by atoms with van der Waals surface area (Å²) in [5, 5.41) is 14.6. The number of anilines is 2. The second-order valence-corrected chi connectivity index (χ2v) is 6.37. The summed E-state index contributed by atoms with van der Waals surface area (Å²) in [6, 6.07) is 0.558. The van der Waals surface area contributed by atoms with Gasteiger partial charge in [-0.25, -0.2) is 4.98 Å². The highest BCUT2D eigenvalue weighted by molar-refractivity contribution is 5.52. The summed E-state index contributed by atoms with van der Waals surface area (Å²) >= 11 is 0. The van der Waals surface area contributed by atoms with E-state index in [1.165, 1.54) is 24.1 Å². The van der Waals surface area contributed by atoms with Crippen molar-refractivity contribution >= 4 is 11.8 Å². The Bertz CT molecular complexity index is 690. The number of nitrogens with zero attached hydrogens (tertiary/aromatic N) is 4. The van der Waals surface area contributed by atoms with Crippen LogP contribution in [0.4, 0.5) is 11.8 Å². The number of hydrogen-bond acceptors (Lipinski definition) is 6. The molecule has 0 bridgehead atoms. The summed E-state index contributed by atoms with van der Waals surface area (Å²) in [6.45, 7) is 2.69. The monoisotopic (exact) mass is 313 g/mol. The molecule has 23 heavy (non-hydrogen) atoms. The second kappa shape index (κ2) is 6.16. The molecule has 0 spiro atoms. The Hall–Kier alpha value is -2.15. The molecule has 1 aliphatic carbocycles. The van der Waals surface area contributed by atoms with E-state index in [4.69, 9.17) is 9.97 Å². The zero-order chi connectivity index (χ0) is 15.6. The maximum absolute atomic E-state index is 4.75. The van der Waals surface area contributed by atoms with E-state index in [2.05, 4.69) is 21.0 Å². The lowest BCUT2D eigenvalue weighted by atomic mass is 10.1. The van der Waals surface area contributed by atoms with Gasteiger partial charge >= 0.3 is 0 Å². The van der Waals surface area contributed by atoms with Crippen molar-refractivity contribution in [3.8, 4) is 0 Å². The summed E-state index contributed by atoms with van der Waals surface area (Å²) in [4.78, 5) is 9.50. The van der Waals surface area contributed by atoms with Gasteiger partial charge < -0.3 is 16.0 Å². The van der Waals surface area contributed by atoms with Crippen LogP contribution in [0.2, 0.25) is 0 Å². The van der Waals surface area contributed by atoms with Crippen molar-refractivity contribution in [3.05, 3.63) is 29.2 Å². The van der Waals surface area contributed by atoms with Crippen molar-refractivity contribution in [2.75, 3.05) is 23.7 Å². The van der Waals surface area contributed by atoms with Gasteiger partial charge in [-0.3, -0.25) is 4.68 Å². The lowest BCUT2D eigenvalue weighted by molar-refractivity contribution is 0.708. The average Bonchev–Trinajstić information content (AvgIpc) is 3.30.